The average molecular weight is 315 g/mol. The third-order valence-electron chi connectivity index (χ3n) is 3.27. The minimum atomic E-state index is -4.49. The quantitative estimate of drug-likeness (QED) is 0.900. The monoisotopic (exact) mass is 315 g/mol. The molecule has 0 saturated carbocycles. The van der Waals surface area contributed by atoms with Crippen LogP contribution in [0.25, 0.3) is 0 Å². The maximum absolute atomic E-state index is 12.4. The van der Waals surface area contributed by atoms with Crippen LogP contribution in [0, 0.1) is 13.8 Å². The molecule has 0 fully saturated rings. The van der Waals surface area contributed by atoms with Gasteiger partial charge in [0.15, 0.2) is 11.8 Å². The van der Waals surface area contributed by atoms with E-state index in [0.717, 1.165) is 11.1 Å². The Morgan fingerprint density at radius 2 is 2.00 bits per heavy atom. The lowest BCUT2D eigenvalue weighted by molar-refractivity contribution is -0.0604. The number of nitrogens with one attached hydrogen (secondary N) is 2. The van der Waals surface area contributed by atoms with Crippen molar-refractivity contribution in [3.63, 3.8) is 0 Å². The smallest absolute Gasteiger partial charge is 0.390 e. The second-order valence-electron chi connectivity index (χ2n) is 5.07. The molecule has 120 valence electrons. The van der Waals surface area contributed by atoms with Gasteiger partial charge in [-0.15, -0.1) is 0 Å². The maximum atomic E-state index is 12.4. The molecular formula is C14H16F3N3O2. The van der Waals surface area contributed by atoms with Gasteiger partial charge in [0, 0.05) is 12.1 Å². The standard InChI is InChI=1S/C14H16F3N3O2/c1-8-4-3-5-9(2)12(8)19-13(21)18-7-10-6-11(20-22-10)14(15,16)17/h3-5,10H,6-7H2,1-2H3,(H2,18,19,21). The predicted octanol–water partition coefficient (Wildman–Crippen LogP) is 3.13. The molecule has 1 aliphatic rings. The van der Waals surface area contributed by atoms with Gasteiger partial charge in [0.2, 0.25) is 0 Å². The number of benzene rings is 1. The van der Waals surface area contributed by atoms with Crippen LogP contribution < -0.4 is 10.6 Å². The van der Waals surface area contributed by atoms with Gasteiger partial charge in [0.1, 0.15) is 0 Å². The predicted molar refractivity (Wildman–Crippen MR) is 75.9 cm³/mol. The zero-order valence-electron chi connectivity index (χ0n) is 12.1. The van der Waals surface area contributed by atoms with Crippen molar-refractivity contribution in [1.29, 1.82) is 0 Å². The Morgan fingerprint density at radius 1 is 1.36 bits per heavy atom. The Labute approximate surface area is 125 Å². The number of hydrogen-bond donors (Lipinski definition) is 2. The number of alkyl halides is 3. The molecule has 22 heavy (non-hydrogen) atoms. The van der Waals surface area contributed by atoms with Crippen molar-refractivity contribution in [3.05, 3.63) is 29.3 Å². The second-order valence-corrected chi connectivity index (χ2v) is 5.07. The summed E-state index contributed by atoms with van der Waals surface area (Å²) in [7, 11) is 0. The number of aryl methyl sites for hydroxylation is 2. The summed E-state index contributed by atoms with van der Waals surface area (Å²) in [5, 5.41) is 8.16. The lowest BCUT2D eigenvalue weighted by atomic mass is 10.1. The number of rotatable bonds is 3. The number of amides is 2. The third kappa shape index (κ3) is 3.90. The van der Waals surface area contributed by atoms with Gasteiger partial charge >= 0.3 is 12.2 Å². The highest BCUT2D eigenvalue weighted by Crippen LogP contribution is 2.25. The summed E-state index contributed by atoms with van der Waals surface area (Å²) in [6.07, 6.45) is -5.66. The minimum Gasteiger partial charge on any atom is -0.390 e. The van der Waals surface area contributed by atoms with Crippen LogP contribution in [-0.4, -0.2) is 30.6 Å². The molecule has 1 aliphatic heterocycles. The first-order chi connectivity index (χ1) is 10.3. The summed E-state index contributed by atoms with van der Waals surface area (Å²) in [6.45, 7) is 3.65. The normalized spacial score (nSPS) is 17.7. The van der Waals surface area contributed by atoms with Crippen LogP contribution in [0.1, 0.15) is 17.5 Å². The number of carbonyl (C=O) groups excluding carboxylic acids is 1. The number of para-hydroxylation sites is 1. The van der Waals surface area contributed by atoms with E-state index in [-0.39, 0.29) is 13.0 Å². The average Bonchev–Trinajstić information content (AvgIpc) is 2.90. The van der Waals surface area contributed by atoms with Crippen molar-refractivity contribution < 1.29 is 22.8 Å². The summed E-state index contributed by atoms with van der Waals surface area (Å²) in [5.74, 6) is 0. The van der Waals surface area contributed by atoms with E-state index in [1.807, 2.05) is 32.0 Å². The number of carbonyl (C=O) groups is 1. The summed E-state index contributed by atoms with van der Waals surface area (Å²) in [4.78, 5) is 16.5. The van der Waals surface area contributed by atoms with Crippen molar-refractivity contribution in [2.45, 2.75) is 32.5 Å². The molecule has 2 rings (SSSR count). The van der Waals surface area contributed by atoms with E-state index >= 15 is 0 Å². The molecule has 1 unspecified atom stereocenters. The van der Waals surface area contributed by atoms with Gasteiger partial charge in [-0.05, 0) is 25.0 Å². The second kappa shape index (κ2) is 6.25. The lowest BCUT2D eigenvalue weighted by Gasteiger charge is -2.14. The number of urea groups is 1. The number of halogens is 3. The van der Waals surface area contributed by atoms with E-state index in [0.29, 0.717) is 5.69 Å². The van der Waals surface area contributed by atoms with Crippen molar-refractivity contribution >= 4 is 17.4 Å². The first-order valence-electron chi connectivity index (χ1n) is 6.68. The van der Waals surface area contributed by atoms with Gasteiger partial charge in [-0.25, -0.2) is 4.79 Å². The zero-order chi connectivity index (χ0) is 16.3. The highest BCUT2D eigenvalue weighted by Gasteiger charge is 2.41. The number of hydrogen-bond acceptors (Lipinski definition) is 3. The molecule has 1 atom stereocenters. The topological polar surface area (TPSA) is 62.7 Å². The Kier molecular flexibility index (Phi) is 4.58. The van der Waals surface area contributed by atoms with Crippen molar-refractivity contribution in [2.75, 3.05) is 11.9 Å². The van der Waals surface area contributed by atoms with Gasteiger partial charge in [0.05, 0.1) is 6.54 Å². The van der Waals surface area contributed by atoms with E-state index < -0.39 is 24.0 Å². The fourth-order valence-corrected chi connectivity index (χ4v) is 2.08. The molecule has 8 heteroatoms. The first kappa shape index (κ1) is 16.1. The zero-order valence-corrected chi connectivity index (χ0v) is 12.1. The molecular weight excluding hydrogens is 299 g/mol. The molecule has 1 aromatic rings. The summed E-state index contributed by atoms with van der Waals surface area (Å²) < 4.78 is 37.2. The third-order valence-corrected chi connectivity index (χ3v) is 3.27. The Bertz CT molecular complexity index is 579. The van der Waals surface area contributed by atoms with Gasteiger partial charge in [-0.1, -0.05) is 23.4 Å². The molecule has 0 aliphatic carbocycles. The van der Waals surface area contributed by atoms with E-state index in [1.54, 1.807) is 0 Å². The van der Waals surface area contributed by atoms with Crippen LogP contribution in [0.15, 0.2) is 23.4 Å². The molecule has 0 saturated heterocycles. The first-order valence-corrected chi connectivity index (χ1v) is 6.68. The van der Waals surface area contributed by atoms with Crippen molar-refractivity contribution in [2.24, 2.45) is 5.16 Å². The Morgan fingerprint density at radius 3 is 2.55 bits per heavy atom. The molecule has 0 aromatic heterocycles. The largest absolute Gasteiger partial charge is 0.432 e. The Hall–Kier alpha value is -2.25. The van der Waals surface area contributed by atoms with Gasteiger partial charge in [0.25, 0.3) is 0 Å². The van der Waals surface area contributed by atoms with Crippen LogP contribution in [0.2, 0.25) is 0 Å². The number of oxime groups is 1. The highest BCUT2D eigenvalue weighted by molar-refractivity contribution is 5.92. The van der Waals surface area contributed by atoms with E-state index in [2.05, 4.69) is 20.6 Å². The molecule has 1 aromatic carbocycles. The molecule has 2 N–H and O–H groups in total. The fraction of sp³-hybridized carbons (Fsp3) is 0.429. The summed E-state index contributed by atoms with van der Waals surface area (Å²) in [5.41, 5.74) is 1.51. The lowest BCUT2D eigenvalue weighted by Crippen LogP contribution is -2.36. The van der Waals surface area contributed by atoms with Crippen LogP contribution in [-0.2, 0) is 4.84 Å². The molecule has 0 radical (unpaired) electrons. The Balaban J connectivity index is 1.83. The molecule has 5 nitrogen and oxygen atoms in total. The van der Waals surface area contributed by atoms with Crippen molar-refractivity contribution in [3.8, 4) is 0 Å². The highest BCUT2D eigenvalue weighted by atomic mass is 19.4. The van der Waals surface area contributed by atoms with Crippen LogP contribution in [0.4, 0.5) is 23.7 Å². The number of anilines is 1. The van der Waals surface area contributed by atoms with Gasteiger partial charge in [-0.3, -0.25) is 0 Å². The molecule has 0 bridgehead atoms. The molecule has 2 amide bonds. The summed E-state index contributed by atoms with van der Waals surface area (Å²) in [6, 6.07) is 5.08. The van der Waals surface area contributed by atoms with Gasteiger partial charge in [-0.2, -0.15) is 13.2 Å². The van der Waals surface area contributed by atoms with Crippen LogP contribution >= 0.6 is 0 Å². The van der Waals surface area contributed by atoms with Crippen LogP contribution in [0.3, 0.4) is 0 Å². The maximum Gasteiger partial charge on any atom is 0.432 e. The van der Waals surface area contributed by atoms with Crippen LogP contribution in [0.5, 0.6) is 0 Å². The van der Waals surface area contributed by atoms with E-state index in [9.17, 15) is 18.0 Å². The van der Waals surface area contributed by atoms with Gasteiger partial charge < -0.3 is 15.5 Å². The molecule has 1 heterocycles. The minimum absolute atomic E-state index is 0.0557. The van der Waals surface area contributed by atoms with E-state index in [4.69, 9.17) is 0 Å². The number of nitrogens with zero attached hydrogens (tertiary/aromatic N) is 1. The van der Waals surface area contributed by atoms with Crippen molar-refractivity contribution in [1.82, 2.24) is 5.32 Å². The fourth-order valence-electron chi connectivity index (χ4n) is 2.08. The van der Waals surface area contributed by atoms with E-state index in [1.165, 1.54) is 0 Å². The SMILES string of the molecule is Cc1cccc(C)c1NC(=O)NCC1CC(C(F)(F)F)=NO1. The molecule has 0 spiro atoms. The summed E-state index contributed by atoms with van der Waals surface area (Å²) >= 11 is 0.